The Hall–Kier alpha value is -2.01. The fraction of sp³-hybridized carbons (Fsp3) is 0.188. The highest BCUT2D eigenvalue weighted by atomic mass is 79.9. The van der Waals surface area contributed by atoms with Crippen LogP contribution < -0.4 is 15.4 Å². The summed E-state index contributed by atoms with van der Waals surface area (Å²) in [5, 5.41) is 6.07. The van der Waals surface area contributed by atoms with Crippen LogP contribution in [-0.4, -0.2) is 13.0 Å². The molecule has 2 N–H and O–H groups in total. The molecule has 0 radical (unpaired) electrons. The van der Waals surface area contributed by atoms with Crippen LogP contribution in [0.4, 0.5) is 11.4 Å². The molecule has 0 aliphatic carbocycles. The molecule has 21 heavy (non-hydrogen) atoms. The first kappa shape index (κ1) is 15.4. The minimum Gasteiger partial charge on any atom is -0.496 e. The van der Waals surface area contributed by atoms with Gasteiger partial charge in [-0.1, -0.05) is 6.07 Å². The predicted octanol–water partition coefficient (Wildman–Crippen LogP) is 4.03. The normalized spacial score (nSPS) is 10.0. The Labute approximate surface area is 132 Å². The van der Waals surface area contributed by atoms with Crippen LogP contribution in [0.15, 0.2) is 46.9 Å². The van der Waals surface area contributed by atoms with Crippen molar-refractivity contribution in [3.63, 3.8) is 0 Å². The van der Waals surface area contributed by atoms with E-state index >= 15 is 0 Å². The Morgan fingerprint density at radius 2 is 1.81 bits per heavy atom. The third-order valence-electron chi connectivity index (χ3n) is 2.92. The summed E-state index contributed by atoms with van der Waals surface area (Å²) < 4.78 is 6.14. The molecule has 4 nitrogen and oxygen atoms in total. The van der Waals surface area contributed by atoms with Gasteiger partial charge in [-0.2, -0.15) is 0 Å². The van der Waals surface area contributed by atoms with Gasteiger partial charge in [-0.25, -0.2) is 0 Å². The maximum absolute atomic E-state index is 11.0. The lowest BCUT2D eigenvalue weighted by Crippen LogP contribution is -2.05. The number of hydrogen-bond donors (Lipinski definition) is 2. The third-order valence-corrected chi connectivity index (χ3v) is 3.54. The van der Waals surface area contributed by atoms with Gasteiger partial charge in [0.15, 0.2) is 0 Å². The standard InChI is InChI=1S/C16H17BrN2O2/c1-11(20)19-14-6-4-13(5-7-14)18-10-12-3-8-16(21-2)15(17)9-12/h3-9,18H,10H2,1-2H3,(H,19,20). The highest BCUT2D eigenvalue weighted by Crippen LogP contribution is 2.26. The number of benzene rings is 2. The molecule has 5 heteroatoms. The Bertz CT molecular complexity index is 627. The smallest absolute Gasteiger partial charge is 0.221 e. The van der Waals surface area contributed by atoms with E-state index in [1.807, 2.05) is 42.5 Å². The fourth-order valence-electron chi connectivity index (χ4n) is 1.90. The molecule has 1 amide bonds. The van der Waals surface area contributed by atoms with Gasteiger partial charge in [0, 0.05) is 24.8 Å². The number of methoxy groups -OCH3 is 1. The van der Waals surface area contributed by atoms with Crippen LogP contribution in [0.25, 0.3) is 0 Å². The van der Waals surface area contributed by atoms with Crippen LogP contribution in [0.3, 0.4) is 0 Å². The second kappa shape index (κ2) is 7.13. The molecule has 2 aromatic carbocycles. The second-order valence-corrected chi connectivity index (χ2v) is 5.44. The van der Waals surface area contributed by atoms with E-state index in [1.54, 1.807) is 7.11 Å². The lowest BCUT2D eigenvalue weighted by atomic mass is 10.2. The van der Waals surface area contributed by atoms with E-state index in [2.05, 4.69) is 26.6 Å². The van der Waals surface area contributed by atoms with E-state index in [4.69, 9.17) is 4.74 Å². The van der Waals surface area contributed by atoms with E-state index in [9.17, 15) is 4.79 Å². The van der Waals surface area contributed by atoms with Crippen molar-refractivity contribution in [3.8, 4) is 5.75 Å². The molecule has 0 fully saturated rings. The van der Waals surface area contributed by atoms with Crippen molar-refractivity contribution >= 4 is 33.2 Å². The SMILES string of the molecule is COc1ccc(CNc2ccc(NC(C)=O)cc2)cc1Br. The maximum Gasteiger partial charge on any atom is 0.221 e. The fourth-order valence-corrected chi connectivity index (χ4v) is 2.49. The van der Waals surface area contributed by atoms with Crippen molar-refractivity contribution in [1.82, 2.24) is 0 Å². The van der Waals surface area contributed by atoms with Gasteiger partial charge in [-0.15, -0.1) is 0 Å². The van der Waals surface area contributed by atoms with Crippen LogP contribution in [0.1, 0.15) is 12.5 Å². The molecular weight excluding hydrogens is 332 g/mol. The minimum atomic E-state index is -0.0706. The van der Waals surface area contributed by atoms with Crippen molar-refractivity contribution in [2.75, 3.05) is 17.7 Å². The molecule has 0 saturated heterocycles. The Balaban J connectivity index is 1.96. The zero-order valence-corrected chi connectivity index (χ0v) is 13.5. The summed E-state index contributed by atoms with van der Waals surface area (Å²) >= 11 is 3.47. The van der Waals surface area contributed by atoms with Crippen molar-refractivity contribution in [2.24, 2.45) is 0 Å². The summed E-state index contributed by atoms with van der Waals surface area (Å²) in [6.07, 6.45) is 0. The van der Waals surface area contributed by atoms with Crippen molar-refractivity contribution in [2.45, 2.75) is 13.5 Å². The largest absolute Gasteiger partial charge is 0.496 e. The van der Waals surface area contributed by atoms with Crippen LogP contribution in [0.2, 0.25) is 0 Å². The van der Waals surface area contributed by atoms with Crippen molar-refractivity contribution < 1.29 is 9.53 Å². The highest BCUT2D eigenvalue weighted by Gasteiger charge is 2.02. The van der Waals surface area contributed by atoms with E-state index in [0.29, 0.717) is 6.54 Å². The molecular formula is C16H17BrN2O2. The van der Waals surface area contributed by atoms with Gasteiger partial charge in [0.1, 0.15) is 5.75 Å². The molecule has 110 valence electrons. The van der Waals surface area contributed by atoms with Gasteiger partial charge in [0.05, 0.1) is 11.6 Å². The van der Waals surface area contributed by atoms with Crippen molar-refractivity contribution in [3.05, 3.63) is 52.5 Å². The zero-order chi connectivity index (χ0) is 15.2. The molecule has 0 saturated carbocycles. The lowest BCUT2D eigenvalue weighted by molar-refractivity contribution is -0.114. The van der Waals surface area contributed by atoms with E-state index in [0.717, 1.165) is 27.2 Å². The number of rotatable bonds is 5. The monoisotopic (exact) mass is 348 g/mol. The zero-order valence-electron chi connectivity index (χ0n) is 11.9. The Morgan fingerprint density at radius 3 is 2.38 bits per heavy atom. The van der Waals surface area contributed by atoms with Crippen LogP contribution >= 0.6 is 15.9 Å². The number of carbonyl (C=O) groups excluding carboxylic acids is 1. The molecule has 2 rings (SSSR count). The van der Waals surface area contributed by atoms with Gasteiger partial charge in [-0.3, -0.25) is 4.79 Å². The lowest BCUT2D eigenvalue weighted by Gasteiger charge is -2.10. The van der Waals surface area contributed by atoms with E-state index in [-0.39, 0.29) is 5.91 Å². The second-order valence-electron chi connectivity index (χ2n) is 4.58. The summed E-state index contributed by atoms with van der Waals surface area (Å²) in [5.41, 5.74) is 2.94. The number of hydrogen-bond acceptors (Lipinski definition) is 3. The van der Waals surface area contributed by atoms with Crippen LogP contribution in [-0.2, 0) is 11.3 Å². The average Bonchev–Trinajstić information content (AvgIpc) is 2.46. The summed E-state index contributed by atoms with van der Waals surface area (Å²) in [5.74, 6) is 0.747. The highest BCUT2D eigenvalue weighted by molar-refractivity contribution is 9.10. The first-order valence-electron chi connectivity index (χ1n) is 6.52. The number of nitrogens with one attached hydrogen (secondary N) is 2. The number of halogens is 1. The molecule has 0 aliphatic heterocycles. The quantitative estimate of drug-likeness (QED) is 0.857. The first-order valence-corrected chi connectivity index (χ1v) is 7.31. The van der Waals surface area contributed by atoms with Gasteiger partial charge >= 0.3 is 0 Å². The molecule has 0 unspecified atom stereocenters. The number of anilines is 2. The third kappa shape index (κ3) is 4.49. The summed E-state index contributed by atoms with van der Waals surface area (Å²) in [6.45, 7) is 2.20. The minimum absolute atomic E-state index is 0.0706. The predicted molar refractivity (Wildman–Crippen MR) is 88.8 cm³/mol. The topological polar surface area (TPSA) is 50.4 Å². The molecule has 0 heterocycles. The molecule has 0 atom stereocenters. The molecule has 0 aliphatic rings. The van der Waals surface area contributed by atoms with Gasteiger partial charge in [0.2, 0.25) is 5.91 Å². The number of carbonyl (C=O) groups is 1. The Kier molecular flexibility index (Phi) is 5.22. The van der Waals surface area contributed by atoms with Crippen LogP contribution in [0, 0.1) is 0 Å². The van der Waals surface area contributed by atoms with Crippen molar-refractivity contribution in [1.29, 1.82) is 0 Å². The number of amides is 1. The van der Waals surface area contributed by atoms with E-state index < -0.39 is 0 Å². The molecule has 0 aromatic heterocycles. The number of ether oxygens (including phenoxy) is 1. The van der Waals surface area contributed by atoms with Crippen LogP contribution in [0.5, 0.6) is 5.75 Å². The van der Waals surface area contributed by atoms with Gasteiger partial charge in [0.25, 0.3) is 0 Å². The Morgan fingerprint density at radius 1 is 1.14 bits per heavy atom. The van der Waals surface area contributed by atoms with E-state index in [1.165, 1.54) is 6.92 Å². The summed E-state index contributed by atoms with van der Waals surface area (Å²) in [7, 11) is 1.65. The van der Waals surface area contributed by atoms with Gasteiger partial charge < -0.3 is 15.4 Å². The van der Waals surface area contributed by atoms with Gasteiger partial charge in [-0.05, 0) is 57.9 Å². The molecule has 2 aromatic rings. The molecule has 0 bridgehead atoms. The average molecular weight is 349 g/mol. The first-order chi connectivity index (χ1) is 10.1. The molecule has 0 spiro atoms. The summed E-state index contributed by atoms with van der Waals surface area (Å²) in [6, 6.07) is 13.6. The maximum atomic E-state index is 11.0. The summed E-state index contributed by atoms with van der Waals surface area (Å²) in [4.78, 5) is 11.0.